The third-order valence-electron chi connectivity index (χ3n) is 3.93. The van der Waals surface area contributed by atoms with Crippen molar-refractivity contribution in [1.29, 1.82) is 0 Å². The number of aromatic nitrogens is 3. The lowest BCUT2D eigenvalue weighted by molar-refractivity contribution is 0.0521. The molecule has 0 saturated carbocycles. The molecule has 1 aliphatic rings. The van der Waals surface area contributed by atoms with Gasteiger partial charge in [-0.25, -0.2) is 13.2 Å². The van der Waals surface area contributed by atoms with Gasteiger partial charge in [0.05, 0.1) is 18.8 Å². The molecule has 0 aromatic carbocycles. The van der Waals surface area contributed by atoms with Crippen molar-refractivity contribution < 1.29 is 17.9 Å². The van der Waals surface area contributed by atoms with Crippen LogP contribution < -0.4 is 5.32 Å². The Bertz CT molecular complexity index is 843. The molecule has 26 heavy (non-hydrogen) atoms. The fourth-order valence-corrected chi connectivity index (χ4v) is 4.45. The fraction of sp³-hybridized carbons (Fsp3) is 0.400. The molecule has 1 saturated heterocycles. The van der Waals surface area contributed by atoms with Gasteiger partial charge in [0.1, 0.15) is 5.56 Å². The maximum Gasteiger partial charge on any atom is 0.342 e. The zero-order valence-corrected chi connectivity index (χ0v) is 15.7. The molecule has 0 bridgehead atoms. The van der Waals surface area contributed by atoms with E-state index in [1.807, 2.05) is 6.07 Å². The summed E-state index contributed by atoms with van der Waals surface area (Å²) in [6, 6.07) is 3.16. The Hall–Kier alpha value is -2.01. The molecule has 0 aliphatic carbocycles. The van der Waals surface area contributed by atoms with Crippen LogP contribution in [-0.2, 0) is 14.8 Å². The fourth-order valence-electron chi connectivity index (χ4n) is 2.77. The van der Waals surface area contributed by atoms with E-state index in [9.17, 15) is 13.2 Å². The van der Waals surface area contributed by atoms with Gasteiger partial charge in [-0.15, -0.1) is 12.4 Å². The number of nitrogens with one attached hydrogen (secondary N) is 2. The Morgan fingerprint density at radius 2 is 2.23 bits per heavy atom. The van der Waals surface area contributed by atoms with E-state index in [1.54, 1.807) is 25.4 Å². The number of rotatable bonds is 5. The number of hydrogen-bond donors (Lipinski definition) is 2. The number of nitrogens with zero attached hydrogens (tertiary/aromatic N) is 3. The second-order valence-corrected chi connectivity index (χ2v) is 7.28. The van der Waals surface area contributed by atoms with Crippen LogP contribution in [0.2, 0.25) is 0 Å². The Balaban J connectivity index is 0.00000243. The first-order chi connectivity index (χ1) is 12.1. The minimum Gasteiger partial charge on any atom is -0.462 e. The molecule has 1 atom stereocenters. The summed E-state index contributed by atoms with van der Waals surface area (Å²) in [7, 11) is -3.96. The first-order valence-corrected chi connectivity index (χ1v) is 9.32. The smallest absolute Gasteiger partial charge is 0.342 e. The van der Waals surface area contributed by atoms with Gasteiger partial charge in [-0.2, -0.15) is 9.40 Å². The van der Waals surface area contributed by atoms with E-state index in [0.29, 0.717) is 13.1 Å². The molecular weight excluding hydrogens is 382 g/mol. The Morgan fingerprint density at radius 3 is 2.92 bits per heavy atom. The molecule has 2 aromatic rings. The highest BCUT2D eigenvalue weighted by Crippen LogP contribution is 2.29. The third kappa shape index (κ3) is 3.88. The van der Waals surface area contributed by atoms with Gasteiger partial charge in [0, 0.05) is 32.0 Å². The Labute approximate surface area is 157 Å². The van der Waals surface area contributed by atoms with Gasteiger partial charge in [-0.1, -0.05) is 6.07 Å². The second kappa shape index (κ2) is 8.58. The lowest BCUT2D eigenvalue weighted by Gasteiger charge is -2.34. The molecule has 2 aromatic heterocycles. The number of carbonyl (C=O) groups excluding carboxylic acids is 1. The average Bonchev–Trinajstić information content (AvgIpc) is 3.13. The first kappa shape index (κ1) is 20.3. The average molecular weight is 402 g/mol. The van der Waals surface area contributed by atoms with Crippen molar-refractivity contribution >= 4 is 28.4 Å². The summed E-state index contributed by atoms with van der Waals surface area (Å²) in [6.07, 6.45) is 4.44. The van der Waals surface area contributed by atoms with Gasteiger partial charge in [0.15, 0.2) is 5.03 Å². The van der Waals surface area contributed by atoms with Crippen molar-refractivity contribution in [3.8, 4) is 0 Å². The van der Waals surface area contributed by atoms with Crippen molar-refractivity contribution in [1.82, 2.24) is 24.8 Å². The lowest BCUT2D eigenvalue weighted by Crippen LogP contribution is -2.48. The van der Waals surface area contributed by atoms with Crippen LogP contribution in [0.4, 0.5) is 0 Å². The number of halogens is 1. The minimum atomic E-state index is -3.96. The summed E-state index contributed by atoms with van der Waals surface area (Å²) in [5.74, 6) is -0.720. The molecule has 3 rings (SSSR count). The minimum absolute atomic E-state index is 0. The van der Waals surface area contributed by atoms with Gasteiger partial charge < -0.3 is 10.1 Å². The van der Waals surface area contributed by atoms with Gasteiger partial charge in [0.2, 0.25) is 0 Å². The quantitative estimate of drug-likeness (QED) is 0.709. The predicted octanol–water partition coefficient (Wildman–Crippen LogP) is 0.738. The number of piperazine rings is 1. The van der Waals surface area contributed by atoms with Crippen molar-refractivity contribution in [2.24, 2.45) is 0 Å². The van der Waals surface area contributed by atoms with Crippen LogP contribution in [0, 0.1) is 0 Å². The standard InChI is InChI=1S/C15H19N5O4S.ClH/c1-2-24-15(21)12-9-18-19-14(12)25(22,23)20-7-6-17-10-13(20)11-4-3-5-16-8-11;/h3-5,8-9,13,17H,2,6-7,10H2,1H3,(H,18,19);1H. The van der Waals surface area contributed by atoms with E-state index in [1.165, 1.54) is 10.5 Å². The highest BCUT2D eigenvalue weighted by atomic mass is 35.5. The Morgan fingerprint density at radius 1 is 1.42 bits per heavy atom. The van der Waals surface area contributed by atoms with Crippen molar-refractivity contribution in [2.45, 2.75) is 18.0 Å². The number of pyridine rings is 1. The van der Waals surface area contributed by atoms with E-state index < -0.39 is 22.0 Å². The lowest BCUT2D eigenvalue weighted by atomic mass is 10.1. The topological polar surface area (TPSA) is 117 Å². The van der Waals surface area contributed by atoms with Crippen LogP contribution in [0.25, 0.3) is 0 Å². The highest BCUT2D eigenvalue weighted by molar-refractivity contribution is 7.89. The maximum atomic E-state index is 13.2. The van der Waals surface area contributed by atoms with Crippen LogP contribution in [-0.4, -0.2) is 60.1 Å². The number of sulfonamides is 1. The molecule has 1 unspecified atom stereocenters. The van der Waals surface area contributed by atoms with E-state index in [2.05, 4.69) is 20.5 Å². The zero-order valence-electron chi connectivity index (χ0n) is 14.1. The molecule has 1 aliphatic heterocycles. The van der Waals surface area contributed by atoms with E-state index in [-0.39, 0.29) is 36.1 Å². The molecule has 0 spiro atoms. The zero-order chi connectivity index (χ0) is 17.9. The largest absolute Gasteiger partial charge is 0.462 e. The van der Waals surface area contributed by atoms with Gasteiger partial charge in [-0.05, 0) is 18.6 Å². The predicted molar refractivity (Wildman–Crippen MR) is 95.5 cm³/mol. The number of hydrogen-bond acceptors (Lipinski definition) is 7. The molecule has 0 amide bonds. The van der Waals surface area contributed by atoms with Crippen LogP contribution in [0.5, 0.6) is 0 Å². The van der Waals surface area contributed by atoms with Crippen molar-refractivity contribution in [3.05, 3.63) is 41.9 Å². The number of ether oxygens (including phenoxy) is 1. The van der Waals surface area contributed by atoms with Crippen LogP contribution >= 0.6 is 12.4 Å². The molecule has 3 heterocycles. The first-order valence-electron chi connectivity index (χ1n) is 7.88. The normalized spacial score (nSPS) is 18.1. The maximum absolute atomic E-state index is 13.2. The number of esters is 1. The number of aromatic amines is 1. The van der Waals surface area contributed by atoms with Crippen LogP contribution in [0.15, 0.2) is 35.7 Å². The van der Waals surface area contributed by atoms with Gasteiger partial charge >= 0.3 is 5.97 Å². The highest BCUT2D eigenvalue weighted by Gasteiger charge is 2.38. The molecular formula is C15H20ClN5O4S. The van der Waals surface area contributed by atoms with Gasteiger partial charge in [-0.3, -0.25) is 10.1 Å². The summed E-state index contributed by atoms with van der Waals surface area (Å²) >= 11 is 0. The van der Waals surface area contributed by atoms with Crippen molar-refractivity contribution in [3.63, 3.8) is 0 Å². The molecule has 1 fully saturated rings. The molecule has 11 heteroatoms. The molecule has 2 N–H and O–H groups in total. The summed E-state index contributed by atoms with van der Waals surface area (Å²) < 4.78 is 32.6. The number of carbonyl (C=O) groups is 1. The van der Waals surface area contributed by atoms with Crippen LogP contribution in [0.3, 0.4) is 0 Å². The molecule has 0 radical (unpaired) electrons. The summed E-state index contributed by atoms with van der Waals surface area (Å²) in [4.78, 5) is 16.1. The van der Waals surface area contributed by atoms with E-state index in [0.717, 1.165) is 5.56 Å². The summed E-state index contributed by atoms with van der Waals surface area (Å²) in [5, 5.41) is 9.10. The van der Waals surface area contributed by atoms with Gasteiger partial charge in [0.25, 0.3) is 10.0 Å². The van der Waals surface area contributed by atoms with Crippen molar-refractivity contribution in [2.75, 3.05) is 26.2 Å². The molecule has 9 nitrogen and oxygen atoms in total. The number of H-pyrrole nitrogens is 1. The second-order valence-electron chi connectivity index (χ2n) is 5.46. The molecule has 142 valence electrons. The van der Waals surface area contributed by atoms with E-state index >= 15 is 0 Å². The third-order valence-corrected chi connectivity index (χ3v) is 5.81. The SMILES string of the molecule is CCOC(=O)c1cn[nH]c1S(=O)(=O)N1CCNCC1c1cccnc1.Cl. The summed E-state index contributed by atoms with van der Waals surface area (Å²) in [6.45, 7) is 3.03. The Kier molecular flexibility index (Phi) is 6.70. The van der Waals surface area contributed by atoms with Crippen LogP contribution in [0.1, 0.15) is 28.9 Å². The van der Waals surface area contributed by atoms with E-state index in [4.69, 9.17) is 4.74 Å². The monoisotopic (exact) mass is 401 g/mol. The summed E-state index contributed by atoms with van der Waals surface area (Å²) in [5.41, 5.74) is 0.681.